The average molecular weight is 250 g/mol. The molecule has 1 amide bonds. The lowest BCUT2D eigenvalue weighted by Crippen LogP contribution is -2.13. The zero-order chi connectivity index (χ0) is 12.3. The van der Waals surface area contributed by atoms with Gasteiger partial charge in [0.1, 0.15) is 5.82 Å². The maximum atomic E-state index is 12.9. The molecule has 0 saturated carbocycles. The predicted octanol–water partition coefficient (Wildman–Crippen LogP) is 1.90. The van der Waals surface area contributed by atoms with E-state index in [4.69, 9.17) is 0 Å². The number of benzene rings is 1. The molecule has 0 atom stereocenters. The maximum absolute atomic E-state index is 12.9. The molecule has 88 valence electrons. The Bertz CT molecular complexity index is 600. The molecule has 0 N–H and O–H groups in total. The highest BCUT2D eigenvalue weighted by Gasteiger charge is 2.03. The summed E-state index contributed by atoms with van der Waals surface area (Å²) < 4.78 is 14.7. The highest BCUT2D eigenvalue weighted by Crippen LogP contribution is 2.04. The highest BCUT2D eigenvalue weighted by atomic mass is 32.1. The van der Waals surface area contributed by atoms with Crippen LogP contribution in [-0.4, -0.2) is 10.5 Å². The Morgan fingerprint density at radius 2 is 2.35 bits per heavy atom. The number of hydrogen-bond acceptors (Lipinski definition) is 2. The second-order valence-corrected chi connectivity index (χ2v) is 4.48. The van der Waals surface area contributed by atoms with Gasteiger partial charge in [-0.05, 0) is 17.7 Å². The molecule has 0 unspecified atom stereocenters. The summed E-state index contributed by atoms with van der Waals surface area (Å²) in [5.41, 5.74) is 0.637. The molecule has 1 aromatic carbocycles. The Labute approximate surface area is 102 Å². The molecule has 0 aliphatic carbocycles. The molecular formula is C12H11FN2OS. The molecule has 5 heteroatoms. The van der Waals surface area contributed by atoms with Crippen molar-refractivity contribution in [2.75, 3.05) is 0 Å². The van der Waals surface area contributed by atoms with Crippen molar-refractivity contribution in [3.63, 3.8) is 0 Å². The molecule has 0 radical (unpaired) electrons. The van der Waals surface area contributed by atoms with Crippen LogP contribution >= 0.6 is 11.3 Å². The SMILES string of the molecule is Cn1ccsc1=NC(=O)Cc1cccc(F)c1. The average Bonchev–Trinajstić information content (AvgIpc) is 2.64. The lowest BCUT2D eigenvalue weighted by Gasteiger charge is -1.97. The third-order valence-corrected chi connectivity index (χ3v) is 3.07. The zero-order valence-corrected chi connectivity index (χ0v) is 10.1. The molecule has 0 bridgehead atoms. The van der Waals surface area contributed by atoms with Crippen molar-refractivity contribution in [3.8, 4) is 0 Å². The van der Waals surface area contributed by atoms with Crippen LogP contribution in [0.1, 0.15) is 5.56 Å². The Kier molecular flexibility index (Phi) is 3.49. The van der Waals surface area contributed by atoms with Crippen molar-refractivity contribution in [1.82, 2.24) is 4.57 Å². The third kappa shape index (κ3) is 3.10. The van der Waals surface area contributed by atoms with Crippen LogP contribution in [0.25, 0.3) is 0 Å². The van der Waals surface area contributed by atoms with Crippen LogP contribution in [0.15, 0.2) is 40.8 Å². The first-order valence-corrected chi connectivity index (χ1v) is 5.95. The number of thiazole rings is 1. The molecule has 17 heavy (non-hydrogen) atoms. The van der Waals surface area contributed by atoms with Crippen molar-refractivity contribution in [2.24, 2.45) is 12.0 Å². The van der Waals surface area contributed by atoms with Gasteiger partial charge in [0, 0.05) is 18.6 Å². The fourth-order valence-electron chi connectivity index (χ4n) is 1.40. The van der Waals surface area contributed by atoms with E-state index in [2.05, 4.69) is 4.99 Å². The van der Waals surface area contributed by atoms with E-state index in [0.717, 1.165) is 0 Å². The van der Waals surface area contributed by atoms with Crippen molar-refractivity contribution in [1.29, 1.82) is 0 Å². The molecule has 1 aromatic heterocycles. The third-order valence-electron chi connectivity index (χ3n) is 2.22. The molecule has 0 fully saturated rings. The van der Waals surface area contributed by atoms with E-state index in [-0.39, 0.29) is 18.1 Å². The van der Waals surface area contributed by atoms with E-state index in [1.54, 1.807) is 16.7 Å². The topological polar surface area (TPSA) is 34.4 Å². The minimum absolute atomic E-state index is 0.121. The van der Waals surface area contributed by atoms with Gasteiger partial charge in [-0.25, -0.2) is 4.39 Å². The van der Waals surface area contributed by atoms with Gasteiger partial charge < -0.3 is 4.57 Å². The van der Waals surface area contributed by atoms with Crippen LogP contribution in [0, 0.1) is 5.82 Å². The molecule has 2 aromatic rings. The first-order chi connectivity index (χ1) is 8.15. The monoisotopic (exact) mass is 250 g/mol. The number of halogens is 1. The predicted molar refractivity (Wildman–Crippen MR) is 64.0 cm³/mol. The van der Waals surface area contributed by atoms with Crippen LogP contribution < -0.4 is 4.80 Å². The van der Waals surface area contributed by atoms with Gasteiger partial charge in [0.15, 0.2) is 4.80 Å². The standard InChI is InChI=1S/C12H11FN2OS/c1-15-5-6-17-12(15)14-11(16)8-9-3-2-4-10(13)7-9/h2-7H,8H2,1H3. The van der Waals surface area contributed by atoms with Gasteiger partial charge in [0.25, 0.3) is 5.91 Å². The van der Waals surface area contributed by atoms with Crippen LogP contribution in [0.2, 0.25) is 0 Å². The van der Waals surface area contributed by atoms with E-state index in [1.165, 1.54) is 23.5 Å². The number of carbonyl (C=O) groups excluding carboxylic acids is 1. The normalized spacial score (nSPS) is 11.8. The lowest BCUT2D eigenvalue weighted by atomic mass is 10.1. The van der Waals surface area contributed by atoms with Gasteiger partial charge in [0.2, 0.25) is 0 Å². The fraction of sp³-hybridized carbons (Fsp3) is 0.167. The number of carbonyl (C=O) groups is 1. The van der Waals surface area contributed by atoms with Gasteiger partial charge in [-0.3, -0.25) is 4.79 Å². The van der Waals surface area contributed by atoms with Gasteiger partial charge in [-0.1, -0.05) is 12.1 Å². The van der Waals surface area contributed by atoms with E-state index >= 15 is 0 Å². The first-order valence-electron chi connectivity index (χ1n) is 5.07. The van der Waals surface area contributed by atoms with Crippen LogP contribution in [0.4, 0.5) is 4.39 Å². The van der Waals surface area contributed by atoms with Crippen molar-refractivity contribution < 1.29 is 9.18 Å². The van der Waals surface area contributed by atoms with Crippen molar-refractivity contribution in [3.05, 3.63) is 52.0 Å². The molecule has 2 rings (SSSR count). The second-order valence-electron chi connectivity index (χ2n) is 3.61. The molecule has 0 aliphatic heterocycles. The number of rotatable bonds is 2. The summed E-state index contributed by atoms with van der Waals surface area (Å²) in [4.78, 5) is 16.3. The number of amides is 1. The van der Waals surface area contributed by atoms with Crippen molar-refractivity contribution in [2.45, 2.75) is 6.42 Å². The van der Waals surface area contributed by atoms with Gasteiger partial charge in [-0.2, -0.15) is 4.99 Å². The zero-order valence-electron chi connectivity index (χ0n) is 9.26. The largest absolute Gasteiger partial charge is 0.327 e. The van der Waals surface area contributed by atoms with E-state index < -0.39 is 0 Å². The molecule has 0 aliphatic rings. The summed E-state index contributed by atoms with van der Waals surface area (Å²) in [6.07, 6.45) is 1.95. The van der Waals surface area contributed by atoms with Gasteiger partial charge in [0.05, 0.1) is 6.42 Å². The summed E-state index contributed by atoms with van der Waals surface area (Å²) in [5, 5.41) is 1.86. The van der Waals surface area contributed by atoms with Gasteiger partial charge >= 0.3 is 0 Å². The van der Waals surface area contributed by atoms with Crippen LogP contribution in [0.3, 0.4) is 0 Å². The first kappa shape index (κ1) is 11.7. The minimum atomic E-state index is -0.336. The van der Waals surface area contributed by atoms with E-state index in [9.17, 15) is 9.18 Å². The number of aromatic nitrogens is 1. The lowest BCUT2D eigenvalue weighted by molar-refractivity contribution is -0.117. The smallest absolute Gasteiger partial charge is 0.252 e. The Morgan fingerprint density at radius 3 is 3.00 bits per heavy atom. The Morgan fingerprint density at radius 1 is 1.53 bits per heavy atom. The summed E-state index contributed by atoms with van der Waals surface area (Å²) in [6, 6.07) is 6.00. The van der Waals surface area contributed by atoms with Crippen LogP contribution in [-0.2, 0) is 18.3 Å². The maximum Gasteiger partial charge on any atom is 0.252 e. The summed E-state index contributed by atoms with van der Waals surface area (Å²) >= 11 is 1.39. The highest BCUT2D eigenvalue weighted by molar-refractivity contribution is 7.07. The summed E-state index contributed by atoms with van der Waals surface area (Å²) in [5.74, 6) is -0.606. The summed E-state index contributed by atoms with van der Waals surface area (Å²) in [7, 11) is 1.82. The molecule has 0 spiro atoms. The second kappa shape index (κ2) is 5.05. The molecular weight excluding hydrogens is 239 g/mol. The van der Waals surface area contributed by atoms with Gasteiger partial charge in [-0.15, -0.1) is 11.3 Å². The van der Waals surface area contributed by atoms with Crippen molar-refractivity contribution >= 4 is 17.2 Å². The molecule has 1 heterocycles. The number of aryl methyl sites for hydroxylation is 1. The Balaban J connectivity index is 2.16. The quantitative estimate of drug-likeness (QED) is 0.801. The Hall–Kier alpha value is -1.75. The van der Waals surface area contributed by atoms with E-state index in [1.807, 2.05) is 18.6 Å². The van der Waals surface area contributed by atoms with Crippen LogP contribution in [0.5, 0.6) is 0 Å². The minimum Gasteiger partial charge on any atom is -0.327 e. The molecule has 3 nitrogen and oxygen atoms in total. The molecule has 0 saturated heterocycles. The number of hydrogen-bond donors (Lipinski definition) is 0. The van der Waals surface area contributed by atoms with E-state index in [0.29, 0.717) is 10.4 Å². The number of nitrogens with zero attached hydrogens (tertiary/aromatic N) is 2. The fourth-order valence-corrected chi connectivity index (χ4v) is 2.15. The summed E-state index contributed by atoms with van der Waals surface area (Å²) in [6.45, 7) is 0.